The zero-order valence-electron chi connectivity index (χ0n) is 11.5. The fourth-order valence-electron chi connectivity index (χ4n) is 2.19. The zero-order valence-corrected chi connectivity index (χ0v) is 11.5. The third-order valence-electron chi connectivity index (χ3n) is 3.23. The zero-order chi connectivity index (χ0) is 15.0. The number of benzene rings is 1. The average Bonchev–Trinajstić information content (AvgIpc) is 2.97. The van der Waals surface area contributed by atoms with Crippen LogP contribution in [-0.4, -0.2) is 26.9 Å². The molecule has 0 aliphatic rings. The van der Waals surface area contributed by atoms with E-state index in [4.69, 9.17) is 4.74 Å². The van der Waals surface area contributed by atoms with Gasteiger partial charge in [0.05, 0.1) is 12.8 Å². The first-order valence-electron chi connectivity index (χ1n) is 6.38. The molecule has 0 unspecified atom stereocenters. The summed E-state index contributed by atoms with van der Waals surface area (Å²) >= 11 is 0. The van der Waals surface area contributed by atoms with Crippen LogP contribution in [0.2, 0.25) is 0 Å². The molecule has 5 nitrogen and oxygen atoms in total. The monoisotopic (exact) mass is 290 g/mol. The maximum absolute atomic E-state index is 13.9. The molecule has 108 valence electrons. The van der Waals surface area contributed by atoms with E-state index < -0.39 is 11.6 Å². The van der Waals surface area contributed by atoms with Gasteiger partial charge in [-0.15, -0.1) is 10.2 Å². The normalized spacial score (nSPS) is 11.0. The molecule has 3 aromatic rings. The van der Waals surface area contributed by atoms with Gasteiger partial charge < -0.3 is 4.74 Å². The van der Waals surface area contributed by atoms with Crippen molar-refractivity contribution in [3.8, 4) is 16.9 Å². The summed E-state index contributed by atoms with van der Waals surface area (Å²) in [6.45, 7) is 1.95. The molecule has 0 atom stereocenters. The summed E-state index contributed by atoms with van der Waals surface area (Å²) in [7, 11) is 1.30. The molecule has 0 bridgehead atoms. The molecule has 0 aliphatic heterocycles. The molecule has 21 heavy (non-hydrogen) atoms. The summed E-state index contributed by atoms with van der Waals surface area (Å²) in [4.78, 5) is 0. The predicted molar refractivity (Wildman–Crippen MR) is 72.1 cm³/mol. The highest BCUT2D eigenvalue weighted by Crippen LogP contribution is 2.35. The number of rotatable bonds is 3. The molecule has 0 saturated carbocycles. The van der Waals surface area contributed by atoms with Crippen LogP contribution in [0, 0.1) is 11.6 Å². The van der Waals surface area contributed by atoms with Crippen LogP contribution >= 0.6 is 0 Å². The molecule has 1 aromatic carbocycles. The van der Waals surface area contributed by atoms with Gasteiger partial charge in [0.25, 0.3) is 0 Å². The van der Waals surface area contributed by atoms with Gasteiger partial charge in [0.15, 0.2) is 17.2 Å². The van der Waals surface area contributed by atoms with E-state index in [-0.39, 0.29) is 5.75 Å². The van der Waals surface area contributed by atoms with E-state index in [2.05, 4.69) is 15.3 Å². The minimum absolute atomic E-state index is 0.159. The summed E-state index contributed by atoms with van der Waals surface area (Å²) in [6.07, 6.45) is 2.15. The highest BCUT2D eigenvalue weighted by Gasteiger charge is 2.19. The standard InChI is InChI=1S/C14H12F2N4O/c1-3-8-6-10(14-18-17-7-20(14)19-8)9-4-5-11(15)12(16)13(9)21-2/h4-7H,3H2,1-2H3. The lowest BCUT2D eigenvalue weighted by Crippen LogP contribution is -2.01. The van der Waals surface area contributed by atoms with Crippen molar-refractivity contribution in [2.75, 3.05) is 7.11 Å². The number of fused-ring (bicyclic) bond motifs is 1. The van der Waals surface area contributed by atoms with Gasteiger partial charge in [0.2, 0.25) is 5.82 Å². The van der Waals surface area contributed by atoms with Gasteiger partial charge in [0.1, 0.15) is 6.33 Å². The third-order valence-corrected chi connectivity index (χ3v) is 3.23. The molecule has 3 rings (SSSR count). The maximum Gasteiger partial charge on any atom is 0.201 e. The fourth-order valence-corrected chi connectivity index (χ4v) is 2.19. The lowest BCUT2D eigenvalue weighted by Gasteiger charge is -2.11. The number of hydrogen-bond donors (Lipinski definition) is 0. The highest BCUT2D eigenvalue weighted by atomic mass is 19.2. The Kier molecular flexibility index (Phi) is 3.25. The van der Waals surface area contributed by atoms with Gasteiger partial charge in [-0.1, -0.05) is 6.92 Å². The molecule has 0 radical (unpaired) electrons. The highest BCUT2D eigenvalue weighted by molar-refractivity contribution is 5.81. The second-order valence-electron chi connectivity index (χ2n) is 4.44. The lowest BCUT2D eigenvalue weighted by atomic mass is 10.0. The van der Waals surface area contributed by atoms with E-state index in [1.165, 1.54) is 24.0 Å². The molecule has 0 fully saturated rings. The topological polar surface area (TPSA) is 52.3 Å². The Morgan fingerprint density at radius 1 is 1.24 bits per heavy atom. The molecular formula is C14H12F2N4O. The van der Waals surface area contributed by atoms with Crippen LogP contribution in [0.25, 0.3) is 16.8 Å². The van der Waals surface area contributed by atoms with Crippen molar-refractivity contribution >= 4 is 5.65 Å². The number of ether oxygens (including phenoxy) is 1. The molecule has 0 amide bonds. The Labute approximate surface area is 119 Å². The van der Waals surface area contributed by atoms with Crippen LogP contribution in [0.3, 0.4) is 0 Å². The summed E-state index contributed by atoms with van der Waals surface area (Å²) in [5, 5.41) is 12.1. The molecular weight excluding hydrogens is 278 g/mol. The van der Waals surface area contributed by atoms with Crippen molar-refractivity contribution in [2.24, 2.45) is 0 Å². The van der Waals surface area contributed by atoms with E-state index >= 15 is 0 Å². The van der Waals surface area contributed by atoms with E-state index in [0.29, 0.717) is 23.2 Å². The SMILES string of the molecule is CCc1cc(-c2ccc(F)c(F)c2OC)c2nncn2n1. The number of nitrogens with zero attached hydrogens (tertiary/aromatic N) is 4. The molecule has 2 heterocycles. The Morgan fingerprint density at radius 3 is 2.76 bits per heavy atom. The largest absolute Gasteiger partial charge is 0.493 e. The quantitative estimate of drug-likeness (QED) is 0.744. The van der Waals surface area contributed by atoms with Gasteiger partial charge in [0, 0.05) is 11.1 Å². The molecule has 0 aliphatic carbocycles. The molecule has 7 heteroatoms. The average molecular weight is 290 g/mol. The Bertz CT molecular complexity index is 816. The van der Waals surface area contributed by atoms with Gasteiger partial charge >= 0.3 is 0 Å². The van der Waals surface area contributed by atoms with E-state index in [9.17, 15) is 8.78 Å². The van der Waals surface area contributed by atoms with Crippen LogP contribution < -0.4 is 4.74 Å². The first-order chi connectivity index (χ1) is 10.2. The Balaban J connectivity index is 2.34. The first kappa shape index (κ1) is 13.4. The summed E-state index contributed by atoms with van der Waals surface area (Å²) in [5.74, 6) is -2.14. The number of aryl methyl sites for hydroxylation is 1. The van der Waals surface area contributed by atoms with Gasteiger partial charge in [-0.2, -0.15) is 14.0 Å². The number of methoxy groups -OCH3 is 1. The molecule has 0 spiro atoms. The first-order valence-corrected chi connectivity index (χ1v) is 6.38. The second kappa shape index (κ2) is 5.08. The van der Waals surface area contributed by atoms with Gasteiger partial charge in [-0.25, -0.2) is 4.39 Å². The fraction of sp³-hybridized carbons (Fsp3) is 0.214. The van der Waals surface area contributed by atoms with E-state index in [1.54, 1.807) is 6.07 Å². The van der Waals surface area contributed by atoms with Crippen LogP contribution in [0.5, 0.6) is 5.75 Å². The van der Waals surface area contributed by atoms with Crippen molar-refractivity contribution in [2.45, 2.75) is 13.3 Å². The van der Waals surface area contributed by atoms with Gasteiger partial charge in [-0.3, -0.25) is 0 Å². The number of hydrogen-bond acceptors (Lipinski definition) is 4. The number of aromatic nitrogens is 4. The van der Waals surface area contributed by atoms with Crippen LogP contribution in [-0.2, 0) is 6.42 Å². The predicted octanol–water partition coefficient (Wildman–Crippen LogP) is 2.64. The molecule has 0 saturated heterocycles. The number of halogens is 2. The molecule has 2 aromatic heterocycles. The van der Waals surface area contributed by atoms with E-state index in [1.807, 2.05) is 6.92 Å². The third kappa shape index (κ3) is 2.10. The maximum atomic E-state index is 13.9. The van der Waals surface area contributed by atoms with Gasteiger partial charge in [-0.05, 0) is 24.6 Å². The van der Waals surface area contributed by atoms with E-state index in [0.717, 1.165) is 11.8 Å². The van der Waals surface area contributed by atoms with Crippen molar-refractivity contribution in [3.63, 3.8) is 0 Å². The lowest BCUT2D eigenvalue weighted by molar-refractivity contribution is 0.373. The van der Waals surface area contributed by atoms with Crippen LogP contribution in [0.4, 0.5) is 8.78 Å². The van der Waals surface area contributed by atoms with Crippen LogP contribution in [0.1, 0.15) is 12.6 Å². The Morgan fingerprint density at radius 2 is 2.05 bits per heavy atom. The smallest absolute Gasteiger partial charge is 0.201 e. The minimum Gasteiger partial charge on any atom is -0.493 e. The summed E-state index contributed by atoms with van der Waals surface area (Å²) in [6, 6.07) is 4.30. The van der Waals surface area contributed by atoms with Crippen molar-refractivity contribution < 1.29 is 13.5 Å². The summed E-state index contributed by atoms with van der Waals surface area (Å²) in [5.41, 5.74) is 2.24. The Hall–Kier alpha value is -2.57. The molecule has 0 N–H and O–H groups in total. The minimum atomic E-state index is -1.03. The van der Waals surface area contributed by atoms with Crippen molar-refractivity contribution in [1.29, 1.82) is 0 Å². The van der Waals surface area contributed by atoms with Crippen molar-refractivity contribution in [3.05, 3.63) is 41.9 Å². The van der Waals surface area contributed by atoms with Crippen LogP contribution in [0.15, 0.2) is 24.5 Å². The van der Waals surface area contributed by atoms with Crippen molar-refractivity contribution in [1.82, 2.24) is 19.8 Å². The summed E-state index contributed by atoms with van der Waals surface area (Å²) < 4.78 is 33.8. The second-order valence-corrected chi connectivity index (χ2v) is 4.44.